The maximum absolute atomic E-state index is 12.3. The van der Waals surface area contributed by atoms with Crippen molar-refractivity contribution in [2.75, 3.05) is 10.6 Å². The fraction of sp³-hybridized carbons (Fsp3) is 0. The van der Waals surface area contributed by atoms with Gasteiger partial charge in [0, 0.05) is 37.8 Å². The number of halogens is 2. The molecule has 2 N–H and O–H groups in total. The second-order valence-corrected chi connectivity index (χ2v) is 8.27. The van der Waals surface area contributed by atoms with Crippen LogP contribution in [0.3, 0.4) is 0 Å². The summed E-state index contributed by atoms with van der Waals surface area (Å²) in [4.78, 5) is 29.1. The van der Waals surface area contributed by atoms with E-state index in [0.29, 0.717) is 32.0 Å². The maximum Gasteiger partial charge on any atom is 0.257 e. The van der Waals surface area contributed by atoms with Crippen LogP contribution in [-0.4, -0.2) is 16.8 Å². The molecule has 8 heteroatoms. The molecule has 0 aliphatic rings. The smallest absolute Gasteiger partial charge is 0.257 e. The third-order valence-corrected chi connectivity index (χ3v) is 5.64. The molecule has 5 nitrogen and oxygen atoms in total. The van der Waals surface area contributed by atoms with Crippen molar-refractivity contribution in [1.29, 1.82) is 0 Å². The molecule has 0 bridgehead atoms. The first-order chi connectivity index (χ1) is 15.0. The van der Waals surface area contributed by atoms with E-state index >= 15 is 0 Å². The second-order valence-electron chi connectivity index (χ2n) is 6.54. The van der Waals surface area contributed by atoms with Crippen molar-refractivity contribution >= 4 is 57.2 Å². The van der Waals surface area contributed by atoms with Gasteiger partial charge in [-0.3, -0.25) is 14.9 Å². The van der Waals surface area contributed by atoms with Crippen molar-refractivity contribution in [3.63, 3.8) is 0 Å². The van der Waals surface area contributed by atoms with Crippen molar-refractivity contribution in [3.05, 3.63) is 99.3 Å². The maximum atomic E-state index is 12.3. The number of rotatable bonds is 5. The highest BCUT2D eigenvalue weighted by Gasteiger charge is 2.11. The first-order valence-corrected chi connectivity index (χ1v) is 10.8. The zero-order valence-corrected chi connectivity index (χ0v) is 18.3. The minimum absolute atomic E-state index is 0.217. The predicted octanol–water partition coefficient (Wildman–Crippen LogP) is 6.62. The average molecular weight is 468 g/mol. The molecule has 1 heterocycles. The third kappa shape index (κ3) is 5.30. The summed E-state index contributed by atoms with van der Waals surface area (Å²) in [5.74, 6) is -0.469. The van der Waals surface area contributed by atoms with Gasteiger partial charge in [0.2, 0.25) is 0 Å². The molecule has 4 rings (SSSR count). The Morgan fingerprint density at radius 3 is 1.77 bits per heavy atom. The highest BCUT2D eigenvalue weighted by molar-refractivity contribution is 7.14. The van der Waals surface area contributed by atoms with Crippen LogP contribution >= 0.6 is 34.5 Å². The lowest BCUT2D eigenvalue weighted by molar-refractivity contribution is 0.101. The SMILES string of the molecule is O=C(Nc1ccc(-c2csc(NC(=O)c3ccc(Cl)cc3)n2)cc1)c1ccc(Cl)cc1. The third-order valence-electron chi connectivity index (χ3n) is 4.38. The molecular weight excluding hydrogens is 453 g/mol. The number of hydrogen-bond acceptors (Lipinski definition) is 4. The van der Waals surface area contributed by atoms with Crippen LogP contribution in [0, 0.1) is 0 Å². The number of amides is 2. The summed E-state index contributed by atoms with van der Waals surface area (Å²) in [6, 6.07) is 20.6. The van der Waals surface area contributed by atoms with E-state index in [1.54, 1.807) is 60.7 Å². The standard InChI is InChI=1S/C23H15Cl2N3O2S/c24-17-7-1-15(2-8-17)21(29)26-19-11-5-14(6-12-19)20-13-31-23(27-20)28-22(30)16-3-9-18(25)10-4-16/h1-13H,(H,26,29)(H,27,28,30). The molecule has 31 heavy (non-hydrogen) atoms. The number of hydrogen-bond donors (Lipinski definition) is 2. The Balaban J connectivity index is 1.40. The van der Waals surface area contributed by atoms with Gasteiger partial charge in [-0.05, 0) is 60.7 Å². The molecule has 0 radical (unpaired) electrons. The molecule has 4 aromatic rings. The summed E-state index contributed by atoms with van der Waals surface area (Å²) < 4.78 is 0. The van der Waals surface area contributed by atoms with Crippen molar-refractivity contribution in [2.45, 2.75) is 0 Å². The van der Waals surface area contributed by atoms with Crippen molar-refractivity contribution in [2.24, 2.45) is 0 Å². The second kappa shape index (κ2) is 9.31. The molecule has 1 aromatic heterocycles. The lowest BCUT2D eigenvalue weighted by atomic mass is 10.1. The van der Waals surface area contributed by atoms with Crippen LogP contribution in [0.2, 0.25) is 10.0 Å². The van der Waals surface area contributed by atoms with Gasteiger partial charge in [0.25, 0.3) is 11.8 Å². The minimum Gasteiger partial charge on any atom is -0.322 e. The first kappa shape index (κ1) is 21.1. The number of benzene rings is 3. The van der Waals surface area contributed by atoms with Crippen LogP contribution < -0.4 is 10.6 Å². The van der Waals surface area contributed by atoms with Crippen molar-refractivity contribution < 1.29 is 9.59 Å². The number of aromatic nitrogens is 1. The van der Waals surface area contributed by atoms with Gasteiger partial charge in [-0.1, -0.05) is 35.3 Å². The van der Waals surface area contributed by atoms with E-state index in [1.165, 1.54) is 11.3 Å². The molecule has 0 atom stereocenters. The normalized spacial score (nSPS) is 10.5. The molecule has 154 valence electrons. The van der Waals surface area contributed by atoms with Gasteiger partial charge in [-0.15, -0.1) is 11.3 Å². The number of nitrogens with one attached hydrogen (secondary N) is 2. The summed E-state index contributed by atoms with van der Waals surface area (Å²) in [6.07, 6.45) is 0. The van der Waals surface area contributed by atoms with Crippen LogP contribution in [0.15, 0.2) is 78.2 Å². The highest BCUT2D eigenvalue weighted by atomic mass is 35.5. The summed E-state index contributed by atoms with van der Waals surface area (Å²) in [5.41, 5.74) is 3.28. The minimum atomic E-state index is -0.252. The molecule has 0 fully saturated rings. The molecule has 0 saturated carbocycles. The Morgan fingerprint density at radius 1 is 0.710 bits per heavy atom. The van der Waals surface area contributed by atoms with E-state index in [9.17, 15) is 9.59 Å². The fourth-order valence-corrected chi connectivity index (χ4v) is 3.73. The Hall–Kier alpha value is -3.19. The average Bonchev–Trinajstić information content (AvgIpc) is 3.23. The van der Waals surface area contributed by atoms with Gasteiger partial charge in [0.1, 0.15) is 0 Å². The van der Waals surface area contributed by atoms with Crippen LogP contribution in [0.5, 0.6) is 0 Å². The first-order valence-electron chi connectivity index (χ1n) is 9.18. The van der Waals surface area contributed by atoms with Gasteiger partial charge in [0.15, 0.2) is 5.13 Å². The Morgan fingerprint density at radius 2 is 1.23 bits per heavy atom. The van der Waals surface area contributed by atoms with E-state index < -0.39 is 0 Å². The molecule has 0 spiro atoms. The Bertz CT molecular complexity index is 1220. The molecule has 0 aliphatic carbocycles. The van der Waals surface area contributed by atoms with Gasteiger partial charge in [-0.2, -0.15) is 0 Å². The van der Waals surface area contributed by atoms with Crippen LogP contribution in [0.1, 0.15) is 20.7 Å². The number of anilines is 2. The lowest BCUT2D eigenvalue weighted by Gasteiger charge is -2.06. The quantitative estimate of drug-likeness (QED) is 0.346. The van der Waals surface area contributed by atoms with Crippen molar-refractivity contribution in [1.82, 2.24) is 4.98 Å². The highest BCUT2D eigenvalue weighted by Crippen LogP contribution is 2.26. The van der Waals surface area contributed by atoms with E-state index in [0.717, 1.165) is 11.3 Å². The van der Waals surface area contributed by atoms with Gasteiger partial charge in [0.05, 0.1) is 5.69 Å². The monoisotopic (exact) mass is 467 g/mol. The van der Waals surface area contributed by atoms with E-state index in [1.807, 2.05) is 17.5 Å². The molecule has 3 aromatic carbocycles. The zero-order chi connectivity index (χ0) is 21.8. The van der Waals surface area contributed by atoms with Gasteiger partial charge >= 0.3 is 0 Å². The number of nitrogens with zero attached hydrogens (tertiary/aromatic N) is 1. The molecule has 0 unspecified atom stereocenters. The van der Waals surface area contributed by atoms with E-state index in [-0.39, 0.29) is 11.8 Å². The zero-order valence-electron chi connectivity index (χ0n) is 15.9. The van der Waals surface area contributed by atoms with Crippen LogP contribution in [0.4, 0.5) is 10.8 Å². The molecule has 0 aliphatic heterocycles. The Labute approximate surface area is 192 Å². The van der Waals surface area contributed by atoms with E-state index in [2.05, 4.69) is 15.6 Å². The fourth-order valence-electron chi connectivity index (χ4n) is 2.76. The lowest BCUT2D eigenvalue weighted by Crippen LogP contribution is -2.11. The topological polar surface area (TPSA) is 71.1 Å². The largest absolute Gasteiger partial charge is 0.322 e. The number of thiazole rings is 1. The molecule has 2 amide bonds. The number of carbonyl (C=O) groups excluding carboxylic acids is 2. The van der Waals surface area contributed by atoms with Crippen LogP contribution in [-0.2, 0) is 0 Å². The summed E-state index contributed by atoms with van der Waals surface area (Å²) in [6.45, 7) is 0. The number of carbonyl (C=O) groups is 2. The molecule has 0 saturated heterocycles. The summed E-state index contributed by atoms with van der Waals surface area (Å²) in [7, 11) is 0. The summed E-state index contributed by atoms with van der Waals surface area (Å²) in [5, 5.41) is 9.13. The van der Waals surface area contributed by atoms with Crippen LogP contribution in [0.25, 0.3) is 11.3 Å². The summed E-state index contributed by atoms with van der Waals surface area (Å²) >= 11 is 13.0. The van der Waals surface area contributed by atoms with Crippen molar-refractivity contribution in [3.8, 4) is 11.3 Å². The molecular formula is C23H15Cl2N3O2S. The Kier molecular flexibility index (Phi) is 6.32. The van der Waals surface area contributed by atoms with E-state index in [4.69, 9.17) is 23.2 Å². The van der Waals surface area contributed by atoms with Gasteiger partial charge < -0.3 is 5.32 Å². The van der Waals surface area contributed by atoms with Gasteiger partial charge in [-0.25, -0.2) is 4.98 Å². The predicted molar refractivity (Wildman–Crippen MR) is 126 cm³/mol.